The van der Waals surface area contributed by atoms with Crippen molar-refractivity contribution in [3.05, 3.63) is 90.1 Å². The van der Waals surface area contributed by atoms with Crippen molar-refractivity contribution >= 4 is 17.0 Å². The summed E-state index contributed by atoms with van der Waals surface area (Å²) in [5.74, 6) is 1.15. The number of anilines is 1. The van der Waals surface area contributed by atoms with Crippen LogP contribution in [-0.2, 0) is 5.54 Å². The van der Waals surface area contributed by atoms with Crippen molar-refractivity contribution in [2.24, 2.45) is 5.73 Å². The number of aromatic nitrogens is 4. The molecule has 2 aromatic carbocycles. The first-order valence-corrected chi connectivity index (χ1v) is 12.6. The third-order valence-corrected chi connectivity index (χ3v) is 6.84. The number of hydrogen-bond acceptors (Lipinski definition) is 5. The van der Waals surface area contributed by atoms with Gasteiger partial charge < -0.3 is 11.5 Å². The molecule has 0 radical (unpaired) electrons. The van der Waals surface area contributed by atoms with Crippen LogP contribution in [0, 0.1) is 6.92 Å². The zero-order chi connectivity index (χ0) is 25.3. The molecule has 0 spiro atoms. The number of nitrogens with zero attached hydrogens (tertiary/aromatic N) is 4. The Balaban J connectivity index is 0.00000130. The van der Waals surface area contributed by atoms with Gasteiger partial charge in [-0.05, 0) is 74.2 Å². The Morgan fingerprint density at radius 3 is 2.33 bits per heavy atom. The molecule has 0 aliphatic heterocycles. The van der Waals surface area contributed by atoms with Crippen LogP contribution < -0.4 is 11.5 Å². The average Bonchev–Trinajstić information content (AvgIpc) is 3.27. The number of fused-ring (bicyclic) bond motifs is 1. The fourth-order valence-corrected chi connectivity index (χ4v) is 4.74. The van der Waals surface area contributed by atoms with Gasteiger partial charge in [0.25, 0.3) is 0 Å². The molecule has 36 heavy (non-hydrogen) atoms. The maximum absolute atomic E-state index is 6.56. The van der Waals surface area contributed by atoms with E-state index in [0.717, 1.165) is 46.5 Å². The highest BCUT2D eigenvalue weighted by atomic mass is 15.1. The van der Waals surface area contributed by atoms with Crippen LogP contribution in [-0.4, -0.2) is 19.5 Å². The first-order valence-electron chi connectivity index (χ1n) is 12.6. The molecule has 6 nitrogen and oxygen atoms in total. The molecule has 5 aromatic rings. The van der Waals surface area contributed by atoms with Gasteiger partial charge in [-0.2, -0.15) is 0 Å². The summed E-state index contributed by atoms with van der Waals surface area (Å²) in [4.78, 5) is 14.3. The third kappa shape index (κ3) is 4.14. The van der Waals surface area contributed by atoms with E-state index in [1.54, 1.807) is 6.20 Å². The molecule has 3 heterocycles. The molecular formula is C30H32N6. The van der Waals surface area contributed by atoms with Crippen LogP contribution in [0.25, 0.3) is 39.5 Å². The minimum Gasteiger partial charge on any atom is -0.383 e. The Morgan fingerprint density at radius 2 is 1.67 bits per heavy atom. The van der Waals surface area contributed by atoms with Gasteiger partial charge in [0.2, 0.25) is 0 Å². The van der Waals surface area contributed by atoms with E-state index >= 15 is 0 Å². The van der Waals surface area contributed by atoms with Crippen LogP contribution in [0.4, 0.5) is 5.82 Å². The van der Waals surface area contributed by atoms with E-state index in [9.17, 15) is 0 Å². The second kappa shape index (κ2) is 9.55. The molecule has 0 atom stereocenters. The number of imidazole rings is 1. The Morgan fingerprint density at radius 1 is 0.889 bits per heavy atom. The van der Waals surface area contributed by atoms with Gasteiger partial charge in [-0.1, -0.05) is 49.7 Å². The van der Waals surface area contributed by atoms with Gasteiger partial charge in [-0.3, -0.25) is 4.57 Å². The number of nitrogens with two attached hydrogens (primary N) is 2. The molecule has 0 saturated heterocycles. The maximum atomic E-state index is 6.56. The summed E-state index contributed by atoms with van der Waals surface area (Å²) in [6.07, 6.45) is 4.92. The molecule has 182 valence electrons. The fraction of sp³-hybridized carbons (Fsp3) is 0.233. The van der Waals surface area contributed by atoms with E-state index in [-0.39, 0.29) is 5.54 Å². The maximum Gasteiger partial charge on any atom is 0.165 e. The van der Waals surface area contributed by atoms with Gasteiger partial charge in [0.1, 0.15) is 11.3 Å². The molecular weight excluding hydrogens is 444 g/mol. The summed E-state index contributed by atoms with van der Waals surface area (Å²) in [5.41, 5.74) is 20.3. The summed E-state index contributed by atoms with van der Waals surface area (Å²) >= 11 is 0. The van der Waals surface area contributed by atoms with Crippen molar-refractivity contribution < 1.29 is 0 Å². The summed E-state index contributed by atoms with van der Waals surface area (Å²) in [5, 5.41) is 0. The molecule has 0 unspecified atom stereocenters. The molecule has 1 fully saturated rings. The highest BCUT2D eigenvalue weighted by molar-refractivity contribution is 5.84. The van der Waals surface area contributed by atoms with E-state index < -0.39 is 0 Å². The van der Waals surface area contributed by atoms with Crippen LogP contribution in [0.15, 0.2) is 79.0 Å². The van der Waals surface area contributed by atoms with Crippen LogP contribution in [0.3, 0.4) is 0 Å². The van der Waals surface area contributed by atoms with E-state index in [1.807, 2.05) is 38.1 Å². The smallest absolute Gasteiger partial charge is 0.165 e. The van der Waals surface area contributed by atoms with E-state index in [1.165, 1.54) is 17.5 Å². The summed E-state index contributed by atoms with van der Waals surface area (Å²) < 4.78 is 2.07. The van der Waals surface area contributed by atoms with Crippen molar-refractivity contribution in [3.8, 4) is 28.3 Å². The molecule has 6 heteroatoms. The zero-order valence-corrected chi connectivity index (χ0v) is 21.1. The zero-order valence-electron chi connectivity index (χ0n) is 21.1. The normalized spacial score (nSPS) is 14.1. The molecule has 0 amide bonds. The van der Waals surface area contributed by atoms with Gasteiger partial charge in [0.05, 0.1) is 11.3 Å². The highest BCUT2D eigenvalue weighted by Crippen LogP contribution is 2.39. The van der Waals surface area contributed by atoms with Crippen molar-refractivity contribution in [1.29, 1.82) is 0 Å². The molecule has 1 saturated carbocycles. The Labute approximate surface area is 212 Å². The summed E-state index contributed by atoms with van der Waals surface area (Å²) in [7, 11) is 0. The first kappa shape index (κ1) is 23.7. The molecule has 0 bridgehead atoms. The van der Waals surface area contributed by atoms with Crippen molar-refractivity contribution in [3.63, 3.8) is 0 Å². The number of rotatable bonds is 4. The van der Waals surface area contributed by atoms with Gasteiger partial charge in [-0.25, -0.2) is 15.0 Å². The van der Waals surface area contributed by atoms with Crippen molar-refractivity contribution in [1.82, 2.24) is 19.5 Å². The molecule has 6 rings (SSSR count). The first-order chi connectivity index (χ1) is 17.5. The topological polar surface area (TPSA) is 95.6 Å². The lowest BCUT2D eigenvalue weighted by molar-refractivity contribution is 0.253. The average molecular weight is 477 g/mol. The number of pyridine rings is 2. The predicted molar refractivity (Wildman–Crippen MR) is 148 cm³/mol. The van der Waals surface area contributed by atoms with Crippen LogP contribution in [0.2, 0.25) is 0 Å². The fourth-order valence-electron chi connectivity index (χ4n) is 4.74. The third-order valence-electron chi connectivity index (χ3n) is 6.84. The number of benzene rings is 2. The van der Waals surface area contributed by atoms with Gasteiger partial charge in [0, 0.05) is 23.0 Å². The van der Waals surface area contributed by atoms with Gasteiger partial charge >= 0.3 is 0 Å². The summed E-state index contributed by atoms with van der Waals surface area (Å²) in [6.45, 7) is 6.09. The number of hydrogen-bond donors (Lipinski definition) is 2. The molecule has 1 aliphatic carbocycles. The van der Waals surface area contributed by atoms with E-state index in [2.05, 4.69) is 65.0 Å². The van der Waals surface area contributed by atoms with E-state index in [4.69, 9.17) is 21.4 Å². The van der Waals surface area contributed by atoms with Gasteiger partial charge in [-0.15, -0.1) is 0 Å². The largest absolute Gasteiger partial charge is 0.383 e. The second-order valence-corrected chi connectivity index (χ2v) is 9.17. The van der Waals surface area contributed by atoms with Crippen molar-refractivity contribution in [2.45, 2.75) is 45.6 Å². The molecule has 3 aromatic heterocycles. The lowest BCUT2D eigenvalue weighted by Crippen LogP contribution is -2.43. The minimum atomic E-state index is -0.206. The molecule has 4 N–H and O–H groups in total. The Kier molecular flexibility index (Phi) is 6.29. The number of aryl methyl sites for hydroxylation is 1. The Bertz CT molecular complexity index is 1510. The van der Waals surface area contributed by atoms with Crippen LogP contribution in [0.5, 0.6) is 0 Å². The quantitative estimate of drug-likeness (QED) is 0.313. The van der Waals surface area contributed by atoms with Crippen LogP contribution in [0.1, 0.15) is 44.2 Å². The lowest BCUT2D eigenvalue weighted by Gasteiger charge is -2.38. The Hall–Kier alpha value is -4.03. The van der Waals surface area contributed by atoms with Gasteiger partial charge in [0.15, 0.2) is 11.5 Å². The predicted octanol–water partition coefficient (Wildman–Crippen LogP) is 6.40. The second-order valence-electron chi connectivity index (χ2n) is 9.17. The molecule has 1 aliphatic rings. The summed E-state index contributed by atoms with van der Waals surface area (Å²) in [6, 6.07) is 24.7. The van der Waals surface area contributed by atoms with Crippen molar-refractivity contribution in [2.75, 3.05) is 5.73 Å². The minimum absolute atomic E-state index is 0.206. The monoisotopic (exact) mass is 476 g/mol. The lowest BCUT2D eigenvalue weighted by atomic mass is 9.73. The standard InChI is InChI=1S/C28H26N6.C2H6/c1-18-5-2-6-19(17-18)23-12-13-24-27(32-23)34(26(33-24)22-7-3-16-31-25(22)29)21-10-8-20(9-11-21)28(30)14-4-15-28;1-2/h2-3,5-13,16-17H,4,14-15,30H2,1H3,(H2,29,31);1-2H3. The van der Waals surface area contributed by atoms with E-state index in [0.29, 0.717) is 11.6 Å². The van der Waals surface area contributed by atoms with Crippen LogP contribution >= 0.6 is 0 Å². The highest BCUT2D eigenvalue weighted by Gasteiger charge is 2.34. The SMILES string of the molecule is CC.Cc1cccc(-c2ccc3nc(-c4cccnc4N)n(-c4ccc(C5(N)CCC5)cc4)c3n2)c1. The number of nitrogen functional groups attached to an aromatic ring is 1.